The summed E-state index contributed by atoms with van der Waals surface area (Å²) >= 11 is 1.57. The lowest BCUT2D eigenvalue weighted by atomic mass is 10.1. The molecule has 0 N–H and O–H groups in total. The summed E-state index contributed by atoms with van der Waals surface area (Å²) in [6, 6.07) is 3.91. The number of piperidine rings is 1. The van der Waals surface area contributed by atoms with Crippen LogP contribution in [0, 0.1) is 0 Å². The number of amides is 1. The zero-order valence-corrected chi connectivity index (χ0v) is 14.9. The van der Waals surface area contributed by atoms with Gasteiger partial charge < -0.3 is 14.2 Å². The second-order valence-electron chi connectivity index (χ2n) is 6.47. The van der Waals surface area contributed by atoms with Crippen LogP contribution in [0.2, 0.25) is 0 Å². The van der Waals surface area contributed by atoms with Gasteiger partial charge in [0.1, 0.15) is 0 Å². The van der Waals surface area contributed by atoms with E-state index in [4.69, 9.17) is 9.26 Å². The Morgan fingerprint density at radius 3 is 2.96 bits per heavy atom. The standard InChI is InChI=1S/C17H22N4O3S/c22-15(12-20-6-2-1-3-7-20)21-8-9-23-13(11-21)17-18-16(19-24-17)14-5-4-10-25-14/h4-5,10,13H,1-3,6-9,11-12H2/t13-/m1/s1. The molecule has 0 unspecified atom stereocenters. The highest BCUT2D eigenvalue weighted by molar-refractivity contribution is 7.13. The maximum atomic E-state index is 12.6. The fraction of sp³-hybridized carbons (Fsp3) is 0.588. The number of nitrogens with zero attached hydrogens (tertiary/aromatic N) is 4. The van der Waals surface area contributed by atoms with Crippen molar-refractivity contribution in [2.75, 3.05) is 39.3 Å². The van der Waals surface area contributed by atoms with Crippen molar-refractivity contribution in [2.24, 2.45) is 0 Å². The summed E-state index contributed by atoms with van der Waals surface area (Å²) in [7, 11) is 0. The molecule has 2 aliphatic heterocycles. The van der Waals surface area contributed by atoms with Crippen molar-refractivity contribution in [3.05, 3.63) is 23.4 Å². The Morgan fingerprint density at radius 2 is 2.16 bits per heavy atom. The number of carbonyl (C=O) groups is 1. The van der Waals surface area contributed by atoms with Crippen LogP contribution in [-0.4, -0.2) is 65.2 Å². The van der Waals surface area contributed by atoms with Gasteiger partial charge in [-0.1, -0.05) is 17.6 Å². The Morgan fingerprint density at radius 1 is 1.28 bits per heavy atom. The van der Waals surface area contributed by atoms with Crippen LogP contribution in [0.1, 0.15) is 31.3 Å². The molecule has 4 rings (SSSR count). The van der Waals surface area contributed by atoms with E-state index in [1.807, 2.05) is 22.4 Å². The minimum absolute atomic E-state index is 0.160. The first-order valence-corrected chi connectivity index (χ1v) is 9.67. The first-order chi connectivity index (χ1) is 12.3. The van der Waals surface area contributed by atoms with Crippen LogP contribution in [0.5, 0.6) is 0 Å². The predicted molar refractivity (Wildman–Crippen MR) is 93.2 cm³/mol. The molecule has 8 heteroatoms. The van der Waals surface area contributed by atoms with E-state index >= 15 is 0 Å². The molecule has 1 atom stereocenters. The van der Waals surface area contributed by atoms with Crippen molar-refractivity contribution >= 4 is 17.2 Å². The van der Waals surface area contributed by atoms with Crippen molar-refractivity contribution in [3.8, 4) is 10.7 Å². The summed E-state index contributed by atoms with van der Waals surface area (Å²) in [6.45, 7) is 4.12. The Balaban J connectivity index is 1.38. The van der Waals surface area contributed by atoms with Gasteiger partial charge in [-0.25, -0.2) is 0 Å². The fourth-order valence-corrected chi connectivity index (χ4v) is 3.96. The number of aromatic nitrogens is 2. The lowest BCUT2D eigenvalue weighted by Crippen LogP contribution is -2.47. The third-order valence-corrected chi connectivity index (χ3v) is 5.55. The quantitative estimate of drug-likeness (QED) is 0.830. The summed E-state index contributed by atoms with van der Waals surface area (Å²) in [6.07, 6.45) is 3.30. The van der Waals surface area contributed by atoms with Gasteiger partial charge in [0, 0.05) is 6.54 Å². The highest BCUT2D eigenvalue weighted by Gasteiger charge is 2.30. The molecule has 4 heterocycles. The summed E-state index contributed by atoms with van der Waals surface area (Å²) < 4.78 is 11.1. The van der Waals surface area contributed by atoms with Gasteiger partial charge in [-0.15, -0.1) is 11.3 Å². The molecule has 2 saturated heterocycles. The van der Waals surface area contributed by atoms with E-state index in [0.29, 0.717) is 38.0 Å². The minimum Gasteiger partial charge on any atom is -0.365 e. The predicted octanol–water partition coefficient (Wildman–Crippen LogP) is 2.18. The SMILES string of the molecule is O=C(CN1CCCCC1)N1CCO[C@@H](c2nc(-c3cccs3)no2)C1. The van der Waals surface area contributed by atoms with E-state index in [1.54, 1.807) is 11.3 Å². The molecule has 2 aromatic heterocycles. The van der Waals surface area contributed by atoms with Crippen molar-refractivity contribution in [3.63, 3.8) is 0 Å². The number of likely N-dealkylation sites (tertiary alicyclic amines) is 1. The van der Waals surface area contributed by atoms with Gasteiger partial charge in [-0.05, 0) is 37.4 Å². The topological polar surface area (TPSA) is 71.7 Å². The van der Waals surface area contributed by atoms with Crippen molar-refractivity contribution < 1.29 is 14.1 Å². The number of ether oxygens (including phenoxy) is 1. The Hall–Kier alpha value is -1.77. The first kappa shape index (κ1) is 16.7. The van der Waals surface area contributed by atoms with E-state index in [1.165, 1.54) is 19.3 Å². The highest BCUT2D eigenvalue weighted by atomic mass is 32.1. The number of hydrogen-bond acceptors (Lipinski definition) is 7. The van der Waals surface area contributed by atoms with Crippen LogP contribution in [0.4, 0.5) is 0 Å². The minimum atomic E-state index is -0.347. The van der Waals surface area contributed by atoms with E-state index in [0.717, 1.165) is 18.0 Å². The summed E-state index contributed by atoms with van der Waals surface area (Å²) in [5, 5.41) is 6.01. The number of morpholine rings is 1. The Labute approximate surface area is 150 Å². The Bertz CT molecular complexity index is 697. The molecule has 0 radical (unpaired) electrons. The van der Waals surface area contributed by atoms with Gasteiger partial charge in [-0.2, -0.15) is 4.98 Å². The van der Waals surface area contributed by atoms with Gasteiger partial charge in [0.15, 0.2) is 6.10 Å². The molecule has 2 fully saturated rings. The zero-order chi connectivity index (χ0) is 17.1. The van der Waals surface area contributed by atoms with E-state index in [-0.39, 0.29) is 12.0 Å². The molecule has 134 valence electrons. The maximum Gasteiger partial charge on any atom is 0.257 e. The van der Waals surface area contributed by atoms with Crippen molar-refractivity contribution in [2.45, 2.75) is 25.4 Å². The molecule has 0 spiro atoms. The third kappa shape index (κ3) is 3.91. The van der Waals surface area contributed by atoms with Crippen molar-refractivity contribution in [1.82, 2.24) is 19.9 Å². The van der Waals surface area contributed by atoms with Crippen LogP contribution < -0.4 is 0 Å². The van der Waals surface area contributed by atoms with Crippen molar-refractivity contribution in [1.29, 1.82) is 0 Å². The van der Waals surface area contributed by atoms with Crippen LogP contribution in [0.15, 0.2) is 22.0 Å². The summed E-state index contributed by atoms with van der Waals surface area (Å²) in [4.78, 5) is 22.1. The molecule has 7 nitrogen and oxygen atoms in total. The molecule has 0 saturated carbocycles. The molecular weight excluding hydrogens is 340 g/mol. The highest BCUT2D eigenvalue weighted by Crippen LogP contribution is 2.26. The average molecular weight is 362 g/mol. The molecule has 2 aromatic rings. The lowest BCUT2D eigenvalue weighted by molar-refractivity contribution is -0.141. The summed E-state index contributed by atoms with van der Waals surface area (Å²) in [5.41, 5.74) is 0. The van der Waals surface area contributed by atoms with Crippen LogP contribution >= 0.6 is 11.3 Å². The Kier molecular flexibility index (Phi) is 5.09. The summed E-state index contributed by atoms with van der Waals surface area (Å²) in [5.74, 6) is 1.18. The maximum absolute atomic E-state index is 12.6. The number of hydrogen-bond donors (Lipinski definition) is 0. The second-order valence-corrected chi connectivity index (χ2v) is 7.42. The van der Waals surface area contributed by atoms with Gasteiger partial charge in [0.2, 0.25) is 11.7 Å². The monoisotopic (exact) mass is 362 g/mol. The van der Waals surface area contributed by atoms with Gasteiger partial charge in [0.25, 0.3) is 5.89 Å². The second kappa shape index (κ2) is 7.63. The normalized spacial score (nSPS) is 22.2. The fourth-order valence-electron chi connectivity index (χ4n) is 3.31. The average Bonchev–Trinajstić information content (AvgIpc) is 3.34. The molecule has 1 amide bonds. The molecule has 0 bridgehead atoms. The molecule has 0 aliphatic carbocycles. The zero-order valence-electron chi connectivity index (χ0n) is 14.1. The molecule has 0 aromatic carbocycles. The van der Waals surface area contributed by atoms with Crippen LogP contribution in [0.25, 0.3) is 10.7 Å². The largest absolute Gasteiger partial charge is 0.365 e. The number of thiophene rings is 1. The number of rotatable bonds is 4. The van der Waals surface area contributed by atoms with E-state index in [9.17, 15) is 4.79 Å². The van der Waals surface area contributed by atoms with Crippen LogP contribution in [-0.2, 0) is 9.53 Å². The van der Waals surface area contributed by atoms with Gasteiger partial charge >= 0.3 is 0 Å². The lowest BCUT2D eigenvalue weighted by Gasteiger charge is -2.33. The molecule has 25 heavy (non-hydrogen) atoms. The number of carbonyl (C=O) groups excluding carboxylic acids is 1. The smallest absolute Gasteiger partial charge is 0.257 e. The molecular formula is C17H22N4O3S. The van der Waals surface area contributed by atoms with E-state index < -0.39 is 0 Å². The van der Waals surface area contributed by atoms with Crippen LogP contribution in [0.3, 0.4) is 0 Å². The van der Waals surface area contributed by atoms with E-state index in [2.05, 4.69) is 15.0 Å². The van der Waals surface area contributed by atoms with Gasteiger partial charge in [0.05, 0.1) is 24.6 Å². The third-order valence-electron chi connectivity index (χ3n) is 4.69. The van der Waals surface area contributed by atoms with Gasteiger partial charge in [-0.3, -0.25) is 9.69 Å². The molecule has 2 aliphatic rings. The first-order valence-electron chi connectivity index (χ1n) is 8.79.